The maximum Gasteiger partial charge on any atom is 0.266 e. The summed E-state index contributed by atoms with van der Waals surface area (Å²) in [6.07, 6.45) is 5.65. The van der Waals surface area contributed by atoms with Crippen LogP contribution >= 0.6 is 22.6 Å². The molecule has 1 unspecified atom stereocenters. The summed E-state index contributed by atoms with van der Waals surface area (Å²) in [5.74, 6) is 0.566. The molecule has 4 nitrogen and oxygen atoms in total. The largest absolute Gasteiger partial charge is 0.316 e. The van der Waals surface area contributed by atoms with Crippen molar-refractivity contribution < 1.29 is 0 Å². The summed E-state index contributed by atoms with van der Waals surface area (Å²) < 4.78 is 2.42. The Balaban J connectivity index is 2.09. The van der Waals surface area contributed by atoms with E-state index in [1.54, 1.807) is 17.1 Å². The summed E-state index contributed by atoms with van der Waals surface area (Å²) >= 11 is 2.03. The average molecular weight is 319 g/mol. The van der Waals surface area contributed by atoms with Crippen molar-refractivity contribution in [1.29, 1.82) is 0 Å². The second kappa shape index (κ2) is 5.07. The third-order valence-electron chi connectivity index (χ3n) is 2.71. The zero-order valence-corrected chi connectivity index (χ0v) is 10.6. The molecule has 1 aromatic heterocycles. The van der Waals surface area contributed by atoms with Crippen LogP contribution in [0.5, 0.6) is 0 Å². The van der Waals surface area contributed by atoms with Crippen molar-refractivity contribution in [2.45, 2.75) is 19.4 Å². The topological polar surface area (TPSA) is 46.9 Å². The number of hydrogen-bond donors (Lipinski definition) is 1. The monoisotopic (exact) mass is 319 g/mol. The van der Waals surface area contributed by atoms with E-state index in [1.807, 2.05) is 22.6 Å². The molecule has 0 saturated carbocycles. The number of hydrogen-bond acceptors (Lipinski definition) is 3. The van der Waals surface area contributed by atoms with Gasteiger partial charge in [0.1, 0.15) is 0 Å². The summed E-state index contributed by atoms with van der Waals surface area (Å²) in [5, 5.41) is 3.35. The van der Waals surface area contributed by atoms with Crippen molar-refractivity contribution in [3.63, 3.8) is 0 Å². The fourth-order valence-corrected chi connectivity index (χ4v) is 2.38. The first-order chi connectivity index (χ1) is 7.27. The molecule has 82 valence electrons. The number of aromatic nitrogens is 2. The molecule has 1 aliphatic rings. The van der Waals surface area contributed by atoms with Crippen LogP contribution < -0.4 is 10.9 Å². The Hall–Kier alpha value is -0.430. The van der Waals surface area contributed by atoms with E-state index >= 15 is 0 Å². The molecule has 0 spiro atoms. The van der Waals surface area contributed by atoms with Crippen LogP contribution in [-0.4, -0.2) is 22.6 Å². The van der Waals surface area contributed by atoms with Crippen LogP contribution in [-0.2, 0) is 6.54 Å². The lowest BCUT2D eigenvalue weighted by molar-refractivity contribution is 0.332. The molecule has 1 fully saturated rings. The van der Waals surface area contributed by atoms with Crippen molar-refractivity contribution in [3.8, 4) is 0 Å². The molecule has 0 amide bonds. The number of nitrogens with zero attached hydrogens (tertiary/aromatic N) is 2. The van der Waals surface area contributed by atoms with Crippen LogP contribution in [0.3, 0.4) is 0 Å². The molecule has 1 aliphatic heterocycles. The lowest BCUT2D eigenvalue weighted by Gasteiger charge is -2.23. The molecule has 1 atom stereocenters. The first-order valence-electron chi connectivity index (χ1n) is 5.18. The molecule has 0 bridgehead atoms. The van der Waals surface area contributed by atoms with Crippen LogP contribution in [0.15, 0.2) is 17.3 Å². The molecule has 2 heterocycles. The second-order valence-electron chi connectivity index (χ2n) is 3.91. The highest BCUT2D eigenvalue weighted by atomic mass is 127. The van der Waals surface area contributed by atoms with Gasteiger partial charge in [0.15, 0.2) is 0 Å². The first-order valence-corrected chi connectivity index (χ1v) is 6.26. The van der Waals surface area contributed by atoms with Gasteiger partial charge < -0.3 is 5.32 Å². The Kier molecular flexibility index (Phi) is 3.74. The number of piperidine rings is 1. The van der Waals surface area contributed by atoms with Gasteiger partial charge in [0.25, 0.3) is 5.56 Å². The van der Waals surface area contributed by atoms with E-state index in [0.29, 0.717) is 9.49 Å². The normalized spacial score (nSPS) is 21.5. The lowest BCUT2D eigenvalue weighted by Crippen LogP contribution is -2.35. The van der Waals surface area contributed by atoms with Gasteiger partial charge in [-0.3, -0.25) is 9.36 Å². The van der Waals surface area contributed by atoms with Crippen LogP contribution in [0.1, 0.15) is 12.8 Å². The molecule has 2 rings (SSSR count). The van der Waals surface area contributed by atoms with Crippen molar-refractivity contribution in [2.24, 2.45) is 5.92 Å². The Morgan fingerprint density at radius 3 is 3.27 bits per heavy atom. The highest BCUT2D eigenvalue weighted by Gasteiger charge is 2.14. The molecule has 1 aromatic rings. The van der Waals surface area contributed by atoms with E-state index in [0.717, 1.165) is 19.6 Å². The predicted octanol–water partition coefficient (Wildman–Crippen LogP) is 0.847. The fourth-order valence-electron chi connectivity index (χ4n) is 1.91. The summed E-state index contributed by atoms with van der Waals surface area (Å²) in [6, 6.07) is 0. The molecule has 1 saturated heterocycles. The van der Waals surface area contributed by atoms with Gasteiger partial charge in [-0.2, -0.15) is 0 Å². The lowest BCUT2D eigenvalue weighted by atomic mass is 10.00. The molecule has 5 heteroatoms. The maximum absolute atomic E-state index is 11.7. The number of nitrogens with one attached hydrogen (secondary N) is 1. The molecular formula is C10H14IN3O. The van der Waals surface area contributed by atoms with Crippen molar-refractivity contribution in [3.05, 3.63) is 26.4 Å². The van der Waals surface area contributed by atoms with Gasteiger partial charge in [-0.05, 0) is 54.4 Å². The van der Waals surface area contributed by atoms with Crippen molar-refractivity contribution in [1.82, 2.24) is 14.9 Å². The van der Waals surface area contributed by atoms with E-state index < -0.39 is 0 Å². The molecule has 0 aliphatic carbocycles. The summed E-state index contributed by atoms with van der Waals surface area (Å²) in [6.45, 7) is 2.91. The SMILES string of the molecule is O=c1c(I)cncn1CC1CCCNC1. The number of rotatable bonds is 2. The molecule has 15 heavy (non-hydrogen) atoms. The predicted molar refractivity (Wildman–Crippen MR) is 66.8 cm³/mol. The van der Waals surface area contributed by atoms with Crippen LogP contribution in [0.25, 0.3) is 0 Å². The van der Waals surface area contributed by atoms with Gasteiger partial charge in [0, 0.05) is 12.7 Å². The van der Waals surface area contributed by atoms with Gasteiger partial charge in [-0.1, -0.05) is 0 Å². The smallest absolute Gasteiger partial charge is 0.266 e. The van der Waals surface area contributed by atoms with Gasteiger partial charge >= 0.3 is 0 Å². The van der Waals surface area contributed by atoms with Crippen LogP contribution in [0.4, 0.5) is 0 Å². The second-order valence-corrected chi connectivity index (χ2v) is 5.07. The van der Waals surface area contributed by atoms with Gasteiger partial charge in [0.05, 0.1) is 9.90 Å². The average Bonchev–Trinajstić information content (AvgIpc) is 2.26. The Bertz CT molecular complexity index is 384. The summed E-state index contributed by atoms with van der Waals surface area (Å²) in [7, 11) is 0. The Morgan fingerprint density at radius 2 is 2.53 bits per heavy atom. The first kappa shape index (κ1) is 11.1. The minimum atomic E-state index is 0.0798. The highest BCUT2D eigenvalue weighted by Crippen LogP contribution is 2.11. The Morgan fingerprint density at radius 1 is 1.67 bits per heavy atom. The van der Waals surface area contributed by atoms with Gasteiger partial charge in [0.2, 0.25) is 0 Å². The molecule has 0 radical (unpaired) electrons. The van der Waals surface area contributed by atoms with E-state index in [1.165, 1.54) is 12.8 Å². The van der Waals surface area contributed by atoms with E-state index in [9.17, 15) is 4.79 Å². The maximum atomic E-state index is 11.7. The quantitative estimate of drug-likeness (QED) is 0.822. The van der Waals surface area contributed by atoms with Crippen LogP contribution in [0.2, 0.25) is 0 Å². The minimum absolute atomic E-state index is 0.0798. The highest BCUT2D eigenvalue weighted by molar-refractivity contribution is 14.1. The van der Waals surface area contributed by atoms with Gasteiger partial charge in [-0.25, -0.2) is 4.98 Å². The minimum Gasteiger partial charge on any atom is -0.316 e. The third kappa shape index (κ3) is 2.78. The van der Waals surface area contributed by atoms with Crippen LogP contribution in [0, 0.1) is 9.49 Å². The summed E-state index contributed by atoms with van der Waals surface area (Å²) in [4.78, 5) is 15.8. The van der Waals surface area contributed by atoms with E-state index in [4.69, 9.17) is 0 Å². The number of halogens is 1. The van der Waals surface area contributed by atoms with Crippen molar-refractivity contribution in [2.75, 3.05) is 13.1 Å². The molecule has 1 N–H and O–H groups in total. The zero-order chi connectivity index (χ0) is 10.7. The van der Waals surface area contributed by atoms with E-state index in [-0.39, 0.29) is 5.56 Å². The third-order valence-corrected chi connectivity index (χ3v) is 3.45. The van der Waals surface area contributed by atoms with E-state index in [2.05, 4.69) is 10.3 Å². The fraction of sp³-hybridized carbons (Fsp3) is 0.600. The summed E-state index contributed by atoms with van der Waals surface area (Å²) in [5.41, 5.74) is 0.0798. The van der Waals surface area contributed by atoms with Gasteiger partial charge in [-0.15, -0.1) is 0 Å². The van der Waals surface area contributed by atoms with Crippen molar-refractivity contribution >= 4 is 22.6 Å². The molecular weight excluding hydrogens is 305 g/mol. The standard InChI is InChI=1S/C10H14IN3O/c11-9-5-13-7-14(10(9)15)6-8-2-1-3-12-4-8/h5,7-8,12H,1-4,6H2. The molecule has 0 aromatic carbocycles. The zero-order valence-electron chi connectivity index (χ0n) is 8.45. The Labute approximate surface area is 102 Å².